The molecule has 2 amide bonds. The summed E-state index contributed by atoms with van der Waals surface area (Å²) < 4.78 is 0. The molecule has 6 heteroatoms. The minimum atomic E-state index is -0.914. The molecule has 68 valence electrons. The first-order chi connectivity index (χ1) is 5.49. The second-order valence-corrected chi connectivity index (χ2v) is 2.62. The zero-order chi connectivity index (χ0) is 9.72. The van der Waals surface area contributed by atoms with Gasteiger partial charge in [-0.2, -0.15) is 0 Å². The molecule has 4 N–H and O–H groups in total. The van der Waals surface area contributed by atoms with Crippen molar-refractivity contribution < 1.29 is 9.59 Å². The van der Waals surface area contributed by atoms with Gasteiger partial charge in [0.15, 0.2) is 6.04 Å². The van der Waals surface area contributed by atoms with Crippen LogP contribution in [0.4, 0.5) is 0 Å². The van der Waals surface area contributed by atoms with Gasteiger partial charge in [0.2, 0.25) is 11.8 Å². The van der Waals surface area contributed by atoms with Crippen LogP contribution < -0.4 is 16.4 Å². The fraction of sp³-hybridized carbons (Fsp3) is 0.500. The highest BCUT2D eigenvalue weighted by molar-refractivity contribution is 7.80. The Morgan fingerprint density at radius 3 is 2.25 bits per heavy atom. The van der Waals surface area contributed by atoms with Crippen molar-refractivity contribution in [2.45, 2.75) is 13.0 Å². The van der Waals surface area contributed by atoms with Crippen molar-refractivity contribution >= 4 is 29.0 Å². The van der Waals surface area contributed by atoms with Crippen molar-refractivity contribution in [3.05, 3.63) is 0 Å². The summed E-state index contributed by atoms with van der Waals surface area (Å²) in [5, 5.41) is 4.64. The van der Waals surface area contributed by atoms with E-state index in [-0.39, 0.29) is 10.9 Å². The van der Waals surface area contributed by atoms with Crippen LogP contribution in [0, 0.1) is 0 Å². The Morgan fingerprint density at radius 2 is 2.00 bits per heavy atom. The van der Waals surface area contributed by atoms with Gasteiger partial charge in [-0.15, -0.1) is 0 Å². The number of hydrogen-bond donors (Lipinski definition) is 3. The molecule has 0 fully saturated rings. The third kappa shape index (κ3) is 3.29. The Hall–Kier alpha value is -1.17. The van der Waals surface area contributed by atoms with Gasteiger partial charge >= 0.3 is 0 Å². The van der Waals surface area contributed by atoms with E-state index in [2.05, 4.69) is 22.9 Å². The minimum Gasteiger partial charge on any atom is -0.391 e. The lowest BCUT2D eigenvalue weighted by Crippen LogP contribution is -2.52. The molecule has 0 saturated carbocycles. The Morgan fingerprint density at radius 1 is 1.50 bits per heavy atom. The lowest BCUT2D eigenvalue weighted by atomic mass is 10.2. The smallest absolute Gasteiger partial charge is 0.249 e. The van der Waals surface area contributed by atoms with E-state index in [9.17, 15) is 9.59 Å². The quantitative estimate of drug-likeness (QED) is 0.473. The van der Waals surface area contributed by atoms with Gasteiger partial charge < -0.3 is 16.4 Å². The predicted octanol–water partition coefficient (Wildman–Crippen LogP) is -1.48. The maximum Gasteiger partial charge on any atom is 0.249 e. The SMILES string of the molecule is CNC(=O)C(NC(C)=O)C(N)=S. The number of hydrogen-bond acceptors (Lipinski definition) is 3. The van der Waals surface area contributed by atoms with Gasteiger partial charge in [-0.3, -0.25) is 9.59 Å². The van der Waals surface area contributed by atoms with E-state index in [0.717, 1.165) is 0 Å². The number of carbonyl (C=O) groups is 2. The van der Waals surface area contributed by atoms with Gasteiger partial charge in [-0.05, 0) is 0 Å². The van der Waals surface area contributed by atoms with Crippen molar-refractivity contribution in [1.29, 1.82) is 0 Å². The summed E-state index contributed by atoms with van der Waals surface area (Å²) in [7, 11) is 1.44. The number of thiocarbonyl (C=S) groups is 1. The van der Waals surface area contributed by atoms with Gasteiger partial charge in [0, 0.05) is 14.0 Å². The van der Waals surface area contributed by atoms with Crippen LogP contribution in [0.3, 0.4) is 0 Å². The first kappa shape index (κ1) is 10.8. The van der Waals surface area contributed by atoms with Crippen LogP contribution in [0.1, 0.15) is 6.92 Å². The van der Waals surface area contributed by atoms with Gasteiger partial charge in [0.1, 0.15) is 4.99 Å². The summed E-state index contributed by atoms with van der Waals surface area (Å²) >= 11 is 4.58. The normalized spacial score (nSPS) is 11.5. The van der Waals surface area contributed by atoms with Crippen LogP contribution in [-0.2, 0) is 9.59 Å². The van der Waals surface area contributed by atoms with Gasteiger partial charge in [-0.25, -0.2) is 0 Å². The maximum atomic E-state index is 11.0. The van der Waals surface area contributed by atoms with Crippen molar-refractivity contribution in [2.75, 3.05) is 7.05 Å². The van der Waals surface area contributed by atoms with Crippen molar-refractivity contribution in [1.82, 2.24) is 10.6 Å². The molecule has 1 atom stereocenters. The Balaban J connectivity index is 4.33. The molecule has 0 spiro atoms. The van der Waals surface area contributed by atoms with Gasteiger partial charge in [0.25, 0.3) is 0 Å². The summed E-state index contributed by atoms with van der Waals surface area (Å²) in [5.41, 5.74) is 5.22. The van der Waals surface area contributed by atoms with Crippen LogP contribution in [0.2, 0.25) is 0 Å². The average molecular weight is 189 g/mol. The molecule has 0 saturated heterocycles. The average Bonchev–Trinajstić information content (AvgIpc) is 1.98. The molecule has 0 aliphatic rings. The van der Waals surface area contributed by atoms with E-state index in [0.29, 0.717) is 0 Å². The lowest BCUT2D eigenvalue weighted by Gasteiger charge is -2.13. The molecule has 0 aromatic carbocycles. The fourth-order valence-electron chi connectivity index (χ4n) is 0.613. The van der Waals surface area contributed by atoms with Gasteiger partial charge in [-0.1, -0.05) is 12.2 Å². The third-order valence-corrected chi connectivity index (χ3v) is 1.38. The Labute approximate surface area is 75.7 Å². The minimum absolute atomic E-state index is 0.0513. The zero-order valence-electron chi connectivity index (χ0n) is 6.88. The van der Waals surface area contributed by atoms with Crippen LogP contribution in [0.15, 0.2) is 0 Å². The standard InChI is InChI=1S/C6H11N3O2S/c1-3(10)9-4(5(7)12)6(11)8-2/h4H,1-2H3,(H2,7,12)(H,8,11)(H,9,10). The molecular formula is C6H11N3O2S. The van der Waals surface area contributed by atoms with E-state index in [1.807, 2.05) is 0 Å². The predicted molar refractivity (Wildman–Crippen MR) is 48.5 cm³/mol. The Kier molecular flexibility index (Phi) is 4.20. The van der Waals surface area contributed by atoms with E-state index < -0.39 is 11.9 Å². The van der Waals surface area contributed by atoms with Crippen molar-refractivity contribution in [2.24, 2.45) is 5.73 Å². The largest absolute Gasteiger partial charge is 0.391 e. The summed E-state index contributed by atoms with van der Waals surface area (Å²) in [6, 6.07) is -0.914. The molecule has 12 heavy (non-hydrogen) atoms. The third-order valence-electron chi connectivity index (χ3n) is 1.14. The first-order valence-electron chi connectivity index (χ1n) is 3.27. The first-order valence-corrected chi connectivity index (χ1v) is 3.68. The second-order valence-electron chi connectivity index (χ2n) is 2.15. The van der Waals surface area contributed by atoms with Crippen molar-refractivity contribution in [3.63, 3.8) is 0 Å². The zero-order valence-corrected chi connectivity index (χ0v) is 7.70. The Bertz CT molecular complexity index is 217. The molecule has 0 aliphatic carbocycles. The summed E-state index contributed by atoms with van der Waals surface area (Å²) in [6.07, 6.45) is 0. The summed E-state index contributed by atoms with van der Waals surface area (Å²) in [6.45, 7) is 1.29. The molecule has 0 aromatic heterocycles. The lowest BCUT2D eigenvalue weighted by molar-refractivity contribution is -0.126. The van der Waals surface area contributed by atoms with E-state index in [4.69, 9.17) is 5.73 Å². The molecule has 0 rings (SSSR count). The molecule has 0 aromatic rings. The maximum absolute atomic E-state index is 11.0. The van der Waals surface area contributed by atoms with Crippen LogP contribution in [-0.4, -0.2) is 29.9 Å². The van der Waals surface area contributed by atoms with E-state index in [1.54, 1.807) is 0 Å². The molecular weight excluding hydrogens is 178 g/mol. The highest BCUT2D eigenvalue weighted by atomic mass is 32.1. The van der Waals surface area contributed by atoms with Crippen LogP contribution in [0.25, 0.3) is 0 Å². The number of carbonyl (C=O) groups excluding carboxylic acids is 2. The summed E-state index contributed by atoms with van der Waals surface area (Å²) in [5.74, 6) is -0.769. The highest BCUT2D eigenvalue weighted by Crippen LogP contribution is 1.84. The second kappa shape index (κ2) is 4.66. The van der Waals surface area contributed by atoms with E-state index >= 15 is 0 Å². The van der Waals surface area contributed by atoms with Crippen molar-refractivity contribution in [3.8, 4) is 0 Å². The van der Waals surface area contributed by atoms with Gasteiger partial charge in [0.05, 0.1) is 0 Å². The number of nitrogens with one attached hydrogen (secondary N) is 2. The number of likely N-dealkylation sites (N-methyl/N-ethyl adjacent to an activating group) is 1. The molecule has 5 nitrogen and oxygen atoms in total. The molecule has 0 heterocycles. The highest BCUT2D eigenvalue weighted by Gasteiger charge is 2.20. The summed E-state index contributed by atoms with van der Waals surface area (Å²) in [4.78, 5) is 21.5. The van der Waals surface area contributed by atoms with Crippen LogP contribution >= 0.6 is 12.2 Å². The molecule has 0 radical (unpaired) electrons. The molecule has 1 unspecified atom stereocenters. The number of rotatable bonds is 3. The van der Waals surface area contributed by atoms with E-state index in [1.165, 1.54) is 14.0 Å². The fourth-order valence-corrected chi connectivity index (χ4v) is 0.779. The monoisotopic (exact) mass is 189 g/mol. The molecule has 0 aliphatic heterocycles. The number of nitrogens with two attached hydrogens (primary N) is 1. The number of amides is 2. The molecule has 0 bridgehead atoms. The van der Waals surface area contributed by atoms with Crippen LogP contribution in [0.5, 0.6) is 0 Å². The topological polar surface area (TPSA) is 84.2 Å².